The fraction of sp³-hybridized carbons (Fsp3) is 0.308. The summed E-state index contributed by atoms with van der Waals surface area (Å²) < 4.78 is 1.51. The molecule has 0 radical (unpaired) electrons. The van der Waals surface area contributed by atoms with E-state index < -0.39 is 5.91 Å². The number of rotatable bonds is 4. The molecule has 0 spiro atoms. The number of nitrogens with zero attached hydrogens (tertiary/aromatic N) is 2. The van der Waals surface area contributed by atoms with Gasteiger partial charge in [0, 0.05) is 25.6 Å². The molecule has 1 amide bonds. The lowest BCUT2D eigenvalue weighted by molar-refractivity contribution is 0.0943. The van der Waals surface area contributed by atoms with E-state index in [1.807, 2.05) is 6.07 Å². The number of aliphatic hydroxyl groups excluding tert-OH is 1. The van der Waals surface area contributed by atoms with Crippen molar-refractivity contribution in [3.63, 3.8) is 0 Å². The molecule has 6 nitrogen and oxygen atoms in total. The van der Waals surface area contributed by atoms with Crippen LogP contribution in [0.15, 0.2) is 29.1 Å². The molecule has 0 aliphatic rings. The summed E-state index contributed by atoms with van der Waals surface area (Å²) in [7, 11) is 1.69. The first-order valence-corrected chi connectivity index (χ1v) is 6.00. The SMILES string of the molecule is Cn1nc(C(=O)NCCCO)c(=O)c2ccccc21. The van der Waals surface area contributed by atoms with Crippen molar-refractivity contribution >= 4 is 16.8 Å². The highest BCUT2D eigenvalue weighted by atomic mass is 16.3. The number of benzene rings is 1. The van der Waals surface area contributed by atoms with E-state index in [0.29, 0.717) is 23.9 Å². The topological polar surface area (TPSA) is 84.2 Å². The van der Waals surface area contributed by atoms with Gasteiger partial charge in [0.15, 0.2) is 5.69 Å². The summed E-state index contributed by atoms with van der Waals surface area (Å²) in [4.78, 5) is 24.0. The predicted octanol–water partition coefficient (Wildman–Crippen LogP) is 0.0457. The van der Waals surface area contributed by atoms with Crippen LogP contribution in [0.1, 0.15) is 16.9 Å². The van der Waals surface area contributed by atoms with E-state index in [4.69, 9.17) is 5.11 Å². The lowest BCUT2D eigenvalue weighted by Gasteiger charge is -2.07. The van der Waals surface area contributed by atoms with Crippen molar-refractivity contribution in [3.05, 3.63) is 40.2 Å². The number of carbonyl (C=O) groups excluding carboxylic acids is 1. The van der Waals surface area contributed by atoms with E-state index in [-0.39, 0.29) is 17.7 Å². The Hall–Kier alpha value is -2.21. The van der Waals surface area contributed by atoms with Gasteiger partial charge in [0.2, 0.25) is 5.43 Å². The summed E-state index contributed by atoms with van der Waals surface area (Å²) in [6, 6.07) is 7.00. The van der Waals surface area contributed by atoms with Crippen LogP contribution in [0.2, 0.25) is 0 Å². The first-order valence-electron chi connectivity index (χ1n) is 6.00. The van der Waals surface area contributed by atoms with Gasteiger partial charge in [-0.15, -0.1) is 0 Å². The van der Waals surface area contributed by atoms with Crippen molar-refractivity contribution in [1.82, 2.24) is 15.1 Å². The molecule has 2 aromatic rings. The molecule has 2 N–H and O–H groups in total. The van der Waals surface area contributed by atoms with Gasteiger partial charge in [-0.3, -0.25) is 14.3 Å². The van der Waals surface area contributed by atoms with Crippen molar-refractivity contribution in [3.8, 4) is 0 Å². The lowest BCUT2D eigenvalue weighted by Crippen LogP contribution is -2.32. The number of nitrogens with one attached hydrogen (secondary N) is 1. The molecule has 0 aliphatic heterocycles. The van der Waals surface area contributed by atoms with Crippen LogP contribution in [0.4, 0.5) is 0 Å². The van der Waals surface area contributed by atoms with Crippen LogP contribution in [-0.4, -0.2) is 33.9 Å². The number of aliphatic hydroxyl groups is 1. The minimum atomic E-state index is -0.514. The maximum Gasteiger partial charge on any atom is 0.275 e. The Labute approximate surface area is 109 Å². The minimum Gasteiger partial charge on any atom is -0.396 e. The maximum atomic E-state index is 12.2. The first-order chi connectivity index (χ1) is 9.15. The largest absolute Gasteiger partial charge is 0.396 e. The zero-order valence-electron chi connectivity index (χ0n) is 10.6. The van der Waals surface area contributed by atoms with Crippen LogP contribution in [-0.2, 0) is 7.05 Å². The van der Waals surface area contributed by atoms with Gasteiger partial charge in [-0.2, -0.15) is 5.10 Å². The highest BCUT2D eigenvalue weighted by Gasteiger charge is 2.15. The zero-order chi connectivity index (χ0) is 13.8. The third kappa shape index (κ3) is 2.63. The van der Waals surface area contributed by atoms with Crippen molar-refractivity contribution < 1.29 is 9.90 Å². The van der Waals surface area contributed by atoms with E-state index in [2.05, 4.69) is 10.4 Å². The molecule has 1 aromatic heterocycles. The van der Waals surface area contributed by atoms with E-state index in [0.717, 1.165) is 0 Å². The molecule has 19 heavy (non-hydrogen) atoms. The van der Waals surface area contributed by atoms with Crippen molar-refractivity contribution in [1.29, 1.82) is 0 Å². The van der Waals surface area contributed by atoms with Crippen molar-refractivity contribution in [2.45, 2.75) is 6.42 Å². The molecular formula is C13H15N3O3. The molecule has 6 heteroatoms. The van der Waals surface area contributed by atoms with Gasteiger partial charge in [0.25, 0.3) is 5.91 Å². The fourth-order valence-electron chi connectivity index (χ4n) is 1.84. The normalized spacial score (nSPS) is 10.6. The average molecular weight is 261 g/mol. The molecule has 0 unspecified atom stereocenters. The Morgan fingerprint density at radius 1 is 1.42 bits per heavy atom. The third-order valence-electron chi connectivity index (χ3n) is 2.80. The van der Waals surface area contributed by atoms with Crippen LogP contribution in [0.25, 0.3) is 10.9 Å². The smallest absolute Gasteiger partial charge is 0.275 e. The molecule has 1 aromatic carbocycles. The van der Waals surface area contributed by atoms with Gasteiger partial charge < -0.3 is 10.4 Å². The molecular weight excluding hydrogens is 246 g/mol. The van der Waals surface area contributed by atoms with Gasteiger partial charge in [0.1, 0.15) is 0 Å². The van der Waals surface area contributed by atoms with Crippen LogP contribution in [0.5, 0.6) is 0 Å². The third-order valence-corrected chi connectivity index (χ3v) is 2.80. The Kier molecular flexibility index (Phi) is 3.91. The van der Waals surface area contributed by atoms with E-state index in [9.17, 15) is 9.59 Å². The quantitative estimate of drug-likeness (QED) is 0.761. The molecule has 0 saturated heterocycles. The highest BCUT2D eigenvalue weighted by molar-refractivity contribution is 5.95. The number of hydrogen-bond donors (Lipinski definition) is 2. The molecule has 0 fully saturated rings. The van der Waals surface area contributed by atoms with Crippen LogP contribution in [0, 0.1) is 0 Å². The second kappa shape index (κ2) is 5.62. The van der Waals surface area contributed by atoms with Gasteiger partial charge in [-0.1, -0.05) is 12.1 Å². The molecule has 0 bridgehead atoms. The summed E-state index contributed by atoms with van der Waals surface area (Å²) in [5.74, 6) is -0.514. The predicted molar refractivity (Wildman–Crippen MR) is 71.0 cm³/mol. The number of aromatic nitrogens is 2. The van der Waals surface area contributed by atoms with Gasteiger partial charge >= 0.3 is 0 Å². The Morgan fingerprint density at radius 3 is 2.89 bits per heavy atom. The molecule has 0 saturated carbocycles. The number of carbonyl (C=O) groups is 1. The summed E-state index contributed by atoms with van der Waals surface area (Å²) in [5.41, 5.74) is 0.175. The first kappa shape index (κ1) is 13.2. The Morgan fingerprint density at radius 2 is 2.16 bits per heavy atom. The molecule has 2 rings (SSSR count). The zero-order valence-corrected chi connectivity index (χ0v) is 10.6. The minimum absolute atomic E-state index is 0.0105. The van der Waals surface area contributed by atoms with Crippen molar-refractivity contribution in [2.24, 2.45) is 7.05 Å². The number of fused-ring (bicyclic) bond motifs is 1. The second-order valence-corrected chi connectivity index (χ2v) is 4.15. The number of amides is 1. The van der Waals surface area contributed by atoms with Gasteiger partial charge in [-0.05, 0) is 18.6 Å². The lowest BCUT2D eigenvalue weighted by atomic mass is 10.2. The molecule has 0 atom stereocenters. The average Bonchev–Trinajstić information content (AvgIpc) is 2.43. The van der Waals surface area contributed by atoms with Crippen LogP contribution >= 0.6 is 0 Å². The van der Waals surface area contributed by atoms with E-state index in [1.54, 1.807) is 25.2 Å². The molecule has 0 aliphatic carbocycles. The van der Waals surface area contributed by atoms with Gasteiger partial charge in [0.05, 0.1) is 5.52 Å². The second-order valence-electron chi connectivity index (χ2n) is 4.15. The van der Waals surface area contributed by atoms with E-state index in [1.165, 1.54) is 4.68 Å². The van der Waals surface area contributed by atoms with Gasteiger partial charge in [-0.25, -0.2) is 0 Å². The molecule has 100 valence electrons. The van der Waals surface area contributed by atoms with E-state index >= 15 is 0 Å². The highest BCUT2D eigenvalue weighted by Crippen LogP contribution is 2.07. The fourth-order valence-corrected chi connectivity index (χ4v) is 1.84. The van der Waals surface area contributed by atoms with Crippen LogP contribution < -0.4 is 10.7 Å². The Balaban J connectivity index is 2.42. The maximum absolute atomic E-state index is 12.2. The number of aryl methyl sites for hydroxylation is 1. The summed E-state index contributed by atoms with van der Waals surface area (Å²) in [6.45, 7) is 0.302. The monoisotopic (exact) mass is 261 g/mol. The molecule has 1 heterocycles. The standard InChI is InChI=1S/C13H15N3O3/c1-16-10-6-3-2-5-9(10)12(18)11(15-16)13(19)14-7-4-8-17/h2-3,5-6,17H,4,7-8H2,1H3,(H,14,19). The summed E-state index contributed by atoms with van der Waals surface area (Å²) >= 11 is 0. The number of hydrogen-bond acceptors (Lipinski definition) is 4. The summed E-state index contributed by atoms with van der Waals surface area (Å²) in [6.07, 6.45) is 0.444. The summed E-state index contributed by atoms with van der Waals surface area (Å²) in [5, 5.41) is 15.7. The van der Waals surface area contributed by atoms with Crippen LogP contribution in [0.3, 0.4) is 0 Å². The van der Waals surface area contributed by atoms with Crippen molar-refractivity contribution in [2.75, 3.05) is 13.2 Å². The Bertz CT molecular complexity index is 664. The number of para-hydroxylation sites is 1.